The van der Waals surface area contributed by atoms with Crippen molar-refractivity contribution >= 4 is 120 Å². The molecule has 0 aliphatic heterocycles. The maximum absolute atomic E-state index is 2.46. The van der Waals surface area contributed by atoms with E-state index in [2.05, 4.69) is 301 Å². The van der Waals surface area contributed by atoms with Gasteiger partial charge in [-0.15, -0.1) is 0 Å². The Hall–Kier alpha value is -10.0. The standard InChI is InChI=1S/C74H48N2/c1-6-20-55-42-60(29-28-49(55)14-1)73-69-40-38-66(76(63-36-32-52-17-4-9-23-58(52)45-63)64-37-33-53-18-5-10-24-59(53)46-64)48-72(69)74(68-27-13-25-54-19-11-12-26-67(54)68)70-41-39-65(47-71(70)73)75(61-34-30-50-15-2-7-21-56(50)43-61)62-35-31-51-16-3-8-22-57(51)44-62/h1-48H. The largest absolute Gasteiger partial charge is 0.310 e. The Kier molecular flexibility index (Phi) is 10.2. The quantitative estimate of drug-likeness (QED) is 0.140. The zero-order chi connectivity index (χ0) is 50.1. The predicted molar refractivity (Wildman–Crippen MR) is 327 cm³/mol. The van der Waals surface area contributed by atoms with Crippen LogP contribution in [-0.4, -0.2) is 0 Å². The molecule has 0 aliphatic rings. The smallest absolute Gasteiger partial charge is 0.0468 e. The predicted octanol–water partition coefficient (Wildman–Crippen LogP) is 21.2. The zero-order valence-corrected chi connectivity index (χ0v) is 41.6. The lowest BCUT2D eigenvalue weighted by atomic mass is 9.84. The van der Waals surface area contributed by atoms with Crippen molar-refractivity contribution in [2.24, 2.45) is 0 Å². The van der Waals surface area contributed by atoms with Gasteiger partial charge in [0.1, 0.15) is 0 Å². The molecule has 0 aromatic heterocycles. The fourth-order valence-electron chi connectivity index (χ4n) is 12.0. The van der Waals surface area contributed by atoms with Gasteiger partial charge in [0.15, 0.2) is 0 Å². The van der Waals surface area contributed by atoms with Gasteiger partial charge in [-0.3, -0.25) is 0 Å². The van der Waals surface area contributed by atoms with Crippen LogP contribution in [0.4, 0.5) is 34.1 Å². The van der Waals surface area contributed by atoms with Crippen LogP contribution in [-0.2, 0) is 0 Å². The second-order valence-electron chi connectivity index (χ2n) is 20.1. The summed E-state index contributed by atoms with van der Waals surface area (Å²) in [5.74, 6) is 0. The Labute approximate surface area is 441 Å². The molecular formula is C74H48N2. The van der Waals surface area contributed by atoms with Crippen LogP contribution < -0.4 is 9.80 Å². The minimum Gasteiger partial charge on any atom is -0.310 e. The Morgan fingerprint density at radius 2 is 0.487 bits per heavy atom. The van der Waals surface area contributed by atoms with E-state index in [4.69, 9.17) is 0 Å². The van der Waals surface area contributed by atoms with Crippen molar-refractivity contribution in [3.8, 4) is 22.3 Å². The van der Waals surface area contributed by atoms with E-state index >= 15 is 0 Å². The van der Waals surface area contributed by atoms with E-state index in [0.717, 1.165) is 34.1 Å². The van der Waals surface area contributed by atoms with Crippen molar-refractivity contribution in [2.45, 2.75) is 0 Å². The van der Waals surface area contributed by atoms with Crippen LogP contribution in [0.25, 0.3) is 108 Å². The molecule has 0 aliphatic carbocycles. The monoisotopic (exact) mass is 964 g/mol. The van der Waals surface area contributed by atoms with Crippen LogP contribution in [0.3, 0.4) is 0 Å². The number of hydrogen-bond acceptors (Lipinski definition) is 2. The van der Waals surface area contributed by atoms with Crippen LogP contribution in [0, 0.1) is 0 Å². The van der Waals surface area contributed by atoms with E-state index in [9.17, 15) is 0 Å². The van der Waals surface area contributed by atoms with E-state index in [1.165, 1.54) is 108 Å². The maximum atomic E-state index is 2.46. The first-order chi connectivity index (χ1) is 37.6. The summed E-state index contributed by atoms with van der Waals surface area (Å²) in [6.45, 7) is 0. The number of hydrogen-bond donors (Lipinski definition) is 0. The highest BCUT2D eigenvalue weighted by molar-refractivity contribution is 6.25. The van der Waals surface area contributed by atoms with E-state index < -0.39 is 0 Å². The molecule has 0 atom stereocenters. The second-order valence-corrected chi connectivity index (χ2v) is 20.1. The SMILES string of the molecule is c1ccc2cc(-c3c4cc(N(c5ccc6ccccc6c5)c5ccc6ccccc6c5)ccc4c(-c4cccc5ccccc45)c4cc(N(c5ccc6ccccc6c5)c5ccc6ccccc6c5)ccc34)ccc2c1. The highest BCUT2D eigenvalue weighted by atomic mass is 15.1. The van der Waals surface area contributed by atoms with E-state index in [0.29, 0.717) is 0 Å². The lowest BCUT2D eigenvalue weighted by Gasteiger charge is -2.29. The Bertz CT molecular complexity index is 4640. The fraction of sp³-hybridized carbons (Fsp3) is 0. The molecule has 0 heterocycles. The molecular weight excluding hydrogens is 917 g/mol. The number of fused-ring (bicyclic) bond motifs is 8. The molecule has 0 N–H and O–H groups in total. The lowest BCUT2D eigenvalue weighted by Crippen LogP contribution is -2.10. The van der Waals surface area contributed by atoms with E-state index in [-0.39, 0.29) is 0 Å². The van der Waals surface area contributed by atoms with Gasteiger partial charge >= 0.3 is 0 Å². The summed E-state index contributed by atoms with van der Waals surface area (Å²) in [7, 11) is 0. The van der Waals surface area contributed by atoms with Crippen LogP contribution in [0.15, 0.2) is 291 Å². The summed E-state index contributed by atoms with van der Waals surface area (Å²) in [5, 5.41) is 19.3. The third kappa shape index (κ3) is 7.42. The number of nitrogens with zero attached hydrogens (tertiary/aromatic N) is 2. The third-order valence-electron chi connectivity index (χ3n) is 15.7. The average molecular weight is 965 g/mol. The molecule has 0 amide bonds. The van der Waals surface area contributed by atoms with Gasteiger partial charge in [0.25, 0.3) is 0 Å². The van der Waals surface area contributed by atoms with Gasteiger partial charge in [-0.05, 0) is 187 Å². The minimum absolute atomic E-state index is 1.08. The minimum atomic E-state index is 1.08. The first-order valence-corrected chi connectivity index (χ1v) is 26.2. The molecule has 0 radical (unpaired) electrons. The summed E-state index contributed by atoms with van der Waals surface area (Å²) in [6, 6.07) is 108. The third-order valence-corrected chi connectivity index (χ3v) is 15.7. The molecule has 354 valence electrons. The average Bonchev–Trinajstić information content (AvgIpc) is 3.58. The summed E-state index contributed by atoms with van der Waals surface area (Å²) in [4.78, 5) is 4.89. The van der Waals surface area contributed by atoms with Crippen molar-refractivity contribution in [1.29, 1.82) is 0 Å². The molecule has 15 aromatic rings. The molecule has 2 nitrogen and oxygen atoms in total. The molecule has 76 heavy (non-hydrogen) atoms. The maximum Gasteiger partial charge on any atom is 0.0468 e. The molecule has 0 saturated heterocycles. The van der Waals surface area contributed by atoms with Gasteiger partial charge in [0, 0.05) is 34.1 Å². The molecule has 0 fully saturated rings. The van der Waals surface area contributed by atoms with Gasteiger partial charge < -0.3 is 9.80 Å². The number of anilines is 6. The van der Waals surface area contributed by atoms with Crippen LogP contribution in [0.1, 0.15) is 0 Å². The molecule has 0 bridgehead atoms. The Morgan fingerprint density at radius 3 is 0.934 bits per heavy atom. The topological polar surface area (TPSA) is 6.48 Å². The van der Waals surface area contributed by atoms with Crippen LogP contribution in [0.5, 0.6) is 0 Å². The molecule has 15 rings (SSSR count). The summed E-state index contributed by atoms with van der Waals surface area (Å²) in [5.41, 5.74) is 11.3. The molecule has 0 unspecified atom stereocenters. The molecule has 2 heteroatoms. The van der Waals surface area contributed by atoms with Crippen molar-refractivity contribution in [2.75, 3.05) is 9.80 Å². The highest BCUT2D eigenvalue weighted by Gasteiger charge is 2.24. The van der Waals surface area contributed by atoms with E-state index in [1.807, 2.05) is 0 Å². The first-order valence-electron chi connectivity index (χ1n) is 26.2. The fourth-order valence-corrected chi connectivity index (χ4v) is 12.0. The second kappa shape index (κ2) is 17.9. The first kappa shape index (κ1) is 43.6. The number of benzene rings is 15. The lowest BCUT2D eigenvalue weighted by molar-refractivity contribution is 1.30. The van der Waals surface area contributed by atoms with Crippen molar-refractivity contribution < 1.29 is 0 Å². The van der Waals surface area contributed by atoms with Crippen molar-refractivity contribution in [3.05, 3.63) is 291 Å². The van der Waals surface area contributed by atoms with E-state index in [1.54, 1.807) is 0 Å². The van der Waals surface area contributed by atoms with Crippen LogP contribution in [0.2, 0.25) is 0 Å². The molecule has 0 saturated carbocycles. The summed E-state index contributed by atoms with van der Waals surface area (Å²) in [6.07, 6.45) is 0. The van der Waals surface area contributed by atoms with Gasteiger partial charge in [-0.2, -0.15) is 0 Å². The van der Waals surface area contributed by atoms with Crippen LogP contribution >= 0.6 is 0 Å². The molecule has 0 spiro atoms. The van der Waals surface area contributed by atoms with Crippen molar-refractivity contribution in [1.82, 2.24) is 0 Å². The van der Waals surface area contributed by atoms with Gasteiger partial charge in [-0.1, -0.05) is 212 Å². The molecule has 15 aromatic carbocycles. The Balaban J connectivity index is 1.06. The van der Waals surface area contributed by atoms with Gasteiger partial charge in [-0.25, -0.2) is 0 Å². The highest BCUT2D eigenvalue weighted by Crippen LogP contribution is 2.50. The summed E-state index contributed by atoms with van der Waals surface area (Å²) < 4.78 is 0. The zero-order valence-electron chi connectivity index (χ0n) is 41.6. The van der Waals surface area contributed by atoms with Crippen molar-refractivity contribution in [3.63, 3.8) is 0 Å². The summed E-state index contributed by atoms with van der Waals surface area (Å²) >= 11 is 0. The Morgan fingerprint density at radius 1 is 0.171 bits per heavy atom. The normalized spacial score (nSPS) is 11.7. The number of rotatable bonds is 8. The van der Waals surface area contributed by atoms with Gasteiger partial charge in [0.2, 0.25) is 0 Å². The van der Waals surface area contributed by atoms with Gasteiger partial charge in [0.05, 0.1) is 0 Å².